The first kappa shape index (κ1) is 21.5. The number of thiophene rings is 1. The molecule has 2 aromatic carbocycles. The minimum Gasteiger partial charge on any atom is -0.465 e. The second-order valence-corrected chi connectivity index (χ2v) is 8.00. The van der Waals surface area contributed by atoms with Gasteiger partial charge in [0.1, 0.15) is 5.00 Å². The Hall–Kier alpha value is -3.16. The summed E-state index contributed by atoms with van der Waals surface area (Å²) in [4.78, 5) is 38.1. The average molecular weight is 443 g/mol. The monoisotopic (exact) mass is 442 g/mol. The Morgan fingerprint density at radius 1 is 0.967 bits per heavy atom. The summed E-state index contributed by atoms with van der Waals surface area (Å²) in [6, 6.07) is 13.8. The Kier molecular flexibility index (Phi) is 6.54. The topological polar surface area (TPSA) is 84.5 Å². The van der Waals surface area contributed by atoms with E-state index in [0.717, 1.165) is 16.9 Å². The number of methoxy groups -OCH3 is 1. The zero-order chi connectivity index (χ0) is 21.8. The number of halogens is 1. The summed E-state index contributed by atoms with van der Waals surface area (Å²) in [5, 5.41) is 6.22. The van der Waals surface area contributed by atoms with E-state index in [0.29, 0.717) is 21.8 Å². The van der Waals surface area contributed by atoms with E-state index >= 15 is 0 Å². The van der Waals surface area contributed by atoms with Gasteiger partial charge in [0.05, 0.1) is 17.6 Å². The van der Waals surface area contributed by atoms with E-state index in [1.54, 1.807) is 49.4 Å². The number of ether oxygens (including phenoxy) is 1. The molecule has 0 aliphatic heterocycles. The molecule has 0 atom stereocenters. The van der Waals surface area contributed by atoms with Gasteiger partial charge in [-0.2, -0.15) is 0 Å². The Bertz CT molecular complexity index is 1140. The minimum atomic E-state index is -0.634. The van der Waals surface area contributed by atoms with Gasteiger partial charge in [0.25, 0.3) is 11.8 Å². The molecule has 0 bridgehead atoms. The molecule has 3 rings (SSSR count). The fraction of sp³-hybridized carbons (Fsp3) is 0.136. The third kappa shape index (κ3) is 4.69. The van der Waals surface area contributed by atoms with Crippen LogP contribution in [-0.2, 0) is 4.74 Å². The molecular weight excluding hydrogens is 424 g/mol. The van der Waals surface area contributed by atoms with Crippen LogP contribution in [0.4, 0.5) is 10.7 Å². The minimum absolute atomic E-state index is 0.153. The first-order chi connectivity index (χ1) is 14.3. The highest BCUT2D eigenvalue weighted by Crippen LogP contribution is 2.34. The molecule has 0 saturated heterocycles. The molecule has 2 N–H and O–H groups in total. The number of hydrogen-bond donors (Lipinski definition) is 2. The summed E-state index contributed by atoms with van der Waals surface area (Å²) in [6.07, 6.45) is 0. The third-order valence-electron chi connectivity index (χ3n) is 4.33. The van der Waals surface area contributed by atoms with Gasteiger partial charge in [-0.15, -0.1) is 11.3 Å². The molecule has 0 radical (unpaired) electrons. The Labute approximate surface area is 182 Å². The van der Waals surface area contributed by atoms with E-state index in [4.69, 9.17) is 16.3 Å². The largest absolute Gasteiger partial charge is 0.465 e. The van der Waals surface area contributed by atoms with Crippen molar-refractivity contribution in [1.29, 1.82) is 0 Å². The van der Waals surface area contributed by atoms with Gasteiger partial charge in [-0.25, -0.2) is 4.79 Å². The van der Waals surface area contributed by atoms with Gasteiger partial charge >= 0.3 is 5.97 Å². The number of rotatable bonds is 5. The molecule has 0 aliphatic carbocycles. The number of aryl methyl sites for hydroxylation is 1. The number of carbonyl (C=O) groups excluding carboxylic acids is 3. The highest BCUT2D eigenvalue weighted by atomic mass is 35.5. The lowest BCUT2D eigenvalue weighted by atomic mass is 10.1. The van der Waals surface area contributed by atoms with Crippen LogP contribution in [0.2, 0.25) is 5.02 Å². The summed E-state index contributed by atoms with van der Waals surface area (Å²) >= 11 is 6.98. The lowest BCUT2D eigenvalue weighted by Gasteiger charge is -2.06. The summed E-state index contributed by atoms with van der Waals surface area (Å²) in [5.74, 6) is -1.43. The zero-order valence-corrected chi connectivity index (χ0v) is 18.1. The summed E-state index contributed by atoms with van der Waals surface area (Å²) in [6.45, 7) is 3.52. The van der Waals surface area contributed by atoms with Crippen LogP contribution in [0.3, 0.4) is 0 Å². The quantitative estimate of drug-likeness (QED) is 0.524. The summed E-state index contributed by atoms with van der Waals surface area (Å²) in [7, 11) is 1.25. The average Bonchev–Trinajstić information content (AvgIpc) is 3.03. The number of nitrogens with one attached hydrogen (secondary N) is 2. The van der Waals surface area contributed by atoms with Crippen LogP contribution in [0.1, 0.15) is 41.5 Å². The van der Waals surface area contributed by atoms with Crippen molar-refractivity contribution in [2.75, 3.05) is 17.7 Å². The second-order valence-electron chi connectivity index (χ2n) is 6.54. The number of amides is 2. The third-order valence-corrected chi connectivity index (χ3v) is 5.77. The van der Waals surface area contributed by atoms with Crippen molar-refractivity contribution in [3.05, 3.63) is 80.7 Å². The summed E-state index contributed by atoms with van der Waals surface area (Å²) < 4.78 is 4.86. The second kappa shape index (κ2) is 9.11. The van der Waals surface area contributed by atoms with Gasteiger partial charge in [-0.1, -0.05) is 35.4 Å². The van der Waals surface area contributed by atoms with Crippen molar-refractivity contribution < 1.29 is 19.1 Å². The van der Waals surface area contributed by atoms with Crippen LogP contribution in [0.25, 0.3) is 0 Å². The van der Waals surface area contributed by atoms with Crippen molar-refractivity contribution >= 4 is 51.4 Å². The van der Waals surface area contributed by atoms with Crippen LogP contribution < -0.4 is 10.6 Å². The van der Waals surface area contributed by atoms with Crippen molar-refractivity contribution in [2.45, 2.75) is 13.8 Å². The fourth-order valence-corrected chi connectivity index (χ4v) is 4.16. The van der Waals surface area contributed by atoms with Crippen LogP contribution in [0.5, 0.6) is 0 Å². The van der Waals surface area contributed by atoms with E-state index in [2.05, 4.69) is 10.6 Å². The molecule has 6 nitrogen and oxygen atoms in total. The standard InChI is InChI=1S/C22H19ClN2O4S/c1-12-6-4-7-14(10-12)19(26)25-21-17(22(28)29-3)13(2)18(30-21)20(27)24-16-9-5-8-15(23)11-16/h4-11H,1-3H3,(H,24,27)(H,25,26). The van der Waals surface area contributed by atoms with Crippen LogP contribution in [-0.4, -0.2) is 24.9 Å². The molecule has 0 unspecified atom stereocenters. The molecule has 8 heteroatoms. The molecule has 2 amide bonds. The molecule has 0 saturated carbocycles. The molecule has 1 heterocycles. The van der Waals surface area contributed by atoms with E-state index in [1.807, 2.05) is 13.0 Å². The normalized spacial score (nSPS) is 10.4. The molecule has 0 spiro atoms. The fourth-order valence-electron chi connectivity index (χ4n) is 2.88. The van der Waals surface area contributed by atoms with E-state index < -0.39 is 11.9 Å². The smallest absolute Gasteiger partial charge is 0.341 e. The lowest BCUT2D eigenvalue weighted by molar-refractivity contribution is 0.0601. The summed E-state index contributed by atoms with van der Waals surface area (Å²) in [5.41, 5.74) is 2.47. The Morgan fingerprint density at radius 3 is 2.37 bits per heavy atom. The maximum atomic E-state index is 12.8. The Morgan fingerprint density at radius 2 is 1.70 bits per heavy atom. The predicted molar refractivity (Wildman–Crippen MR) is 119 cm³/mol. The van der Waals surface area contributed by atoms with Crippen LogP contribution >= 0.6 is 22.9 Å². The van der Waals surface area contributed by atoms with Gasteiger partial charge in [0.15, 0.2) is 0 Å². The number of esters is 1. The molecule has 3 aromatic rings. The van der Waals surface area contributed by atoms with Crippen molar-refractivity contribution in [1.82, 2.24) is 0 Å². The first-order valence-electron chi connectivity index (χ1n) is 8.96. The highest BCUT2D eigenvalue weighted by molar-refractivity contribution is 7.19. The van der Waals surface area contributed by atoms with Crippen molar-refractivity contribution in [3.63, 3.8) is 0 Å². The van der Waals surface area contributed by atoms with Crippen molar-refractivity contribution in [3.8, 4) is 0 Å². The molecule has 0 aliphatic rings. The van der Waals surface area contributed by atoms with Gasteiger partial charge in [-0.05, 0) is 49.7 Å². The molecular formula is C22H19ClN2O4S. The SMILES string of the molecule is COC(=O)c1c(NC(=O)c2cccc(C)c2)sc(C(=O)Nc2cccc(Cl)c2)c1C. The molecule has 154 valence electrons. The molecule has 30 heavy (non-hydrogen) atoms. The van der Waals surface area contributed by atoms with E-state index in [9.17, 15) is 14.4 Å². The lowest BCUT2D eigenvalue weighted by Crippen LogP contribution is -2.14. The predicted octanol–water partition coefficient (Wildman–Crippen LogP) is 5.31. The number of carbonyl (C=O) groups is 3. The highest BCUT2D eigenvalue weighted by Gasteiger charge is 2.26. The van der Waals surface area contributed by atoms with E-state index in [1.165, 1.54) is 7.11 Å². The first-order valence-corrected chi connectivity index (χ1v) is 10.2. The van der Waals surface area contributed by atoms with Gasteiger partial charge in [-0.3, -0.25) is 9.59 Å². The number of anilines is 2. The van der Waals surface area contributed by atoms with E-state index in [-0.39, 0.29) is 21.3 Å². The van der Waals surface area contributed by atoms with Gasteiger partial charge < -0.3 is 15.4 Å². The Balaban J connectivity index is 1.94. The molecule has 0 fully saturated rings. The van der Waals surface area contributed by atoms with Crippen LogP contribution in [0, 0.1) is 13.8 Å². The van der Waals surface area contributed by atoms with Crippen molar-refractivity contribution in [2.24, 2.45) is 0 Å². The maximum Gasteiger partial charge on any atom is 0.341 e. The number of benzene rings is 2. The van der Waals surface area contributed by atoms with Crippen LogP contribution in [0.15, 0.2) is 48.5 Å². The number of hydrogen-bond acceptors (Lipinski definition) is 5. The van der Waals surface area contributed by atoms with Gasteiger partial charge in [0, 0.05) is 16.3 Å². The maximum absolute atomic E-state index is 12.8. The molecule has 1 aromatic heterocycles. The van der Waals surface area contributed by atoms with Gasteiger partial charge in [0.2, 0.25) is 0 Å². The zero-order valence-electron chi connectivity index (χ0n) is 16.5.